The van der Waals surface area contributed by atoms with E-state index in [4.69, 9.17) is 5.73 Å². The monoisotopic (exact) mass is 198 g/mol. The van der Waals surface area contributed by atoms with Gasteiger partial charge >= 0.3 is 6.18 Å². The molecule has 7 heteroatoms. The van der Waals surface area contributed by atoms with Gasteiger partial charge in [0.1, 0.15) is 6.04 Å². The molecule has 1 fully saturated rings. The molecule has 0 aliphatic carbocycles. The Bertz CT molecular complexity index is 207. The van der Waals surface area contributed by atoms with Crippen molar-refractivity contribution in [2.45, 2.75) is 18.6 Å². The van der Waals surface area contributed by atoms with Gasteiger partial charge in [-0.15, -0.1) is 0 Å². The SMILES string of the molecule is NC1CON(CCC(F)(F)F)C1=O. The first-order chi connectivity index (χ1) is 5.90. The lowest BCUT2D eigenvalue weighted by molar-refractivity contribution is -0.179. The number of carbonyl (C=O) groups excluding carboxylic acids is 1. The highest BCUT2D eigenvalue weighted by atomic mass is 19.4. The van der Waals surface area contributed by atoms with Gasteiger partial charge in [-0.1, -0.05) is 0 Å². The van der Waals surface area contributed by atoms with Gasteiger partial charge in [0.2, 0.25) is 0 Å². The average molecular weight is 198 g/mol. The van der Waals surface area contributed by atoms with E-state index in [1.165, 1.54) is 0 Å². The van der Waals surface area contributed by atoms with Crippen LogP contribution in [-0.2, 0) is 9.63 Å². The highest BCUT2D eigenvalue weighted by molar-refractivity contribution is 5.82. The average Bonchev–Trinajstić information content (AvgIpc) is 2.29. The zero-order valence-electron chi connectivity index (χ0n) is 6.67. The first-order valence-corrected chi connectivity index (χ1v) is 3.67. The number of amides is 1. The molecule has 1 atom stereocenters. The van der Waals surface area contributed by atoms with Crippen LogP contribution in [0.3, 0.4) is 0 Å². The lowest BCUT2D eigenvalue weighted by Gasteiger charge is -2.14. The van der Waals surface area contributed by atoms with E-state index in [1.807, 2.05) is 0 Å². The van der Waals surface area contributed by atoms with Gasteiger partial charge in [-0.2, -0.15) is 13.2 Å². The Morgan fingerprint density at radius 3 is 2.62 bits per heavy atom. The molecule has 0 saturated carbocycles. The van der Waals surface area contributed by atoms with Gasteiger partial charge in [0.05, 0.1) is 19.6 Å². The van der Waals surface area contributed by atoms with Crippen LogP contribution < -0.4 is 5.73 Å². The summed E-state index contributed by atoms with van der Waals surface area (Å²) >= 11 is 0. The Hall–Kier alpha value is -0.820. The molecule has 1 saturated heterocycles. The molecule has 0 radical (unpaired) electrons. The summed E-state index contributed by atoms with van der Waals surface area (Å²) in [5.74, 6) is -0.593. The molecule has 2 N–H and O–H groups in total. The highest BCUT2D eigenvalue weighted by Crippen LogP contribution is 2.20. The Morgan fingerprint density at radius 1 is 1.62 bits per heavy atom. The van der Waals surface area contributed by atoms with Crippen LogP contribution in [0.2, 0.25) is 0 Å². The Kier molecular flexibility index (Phi) is 2.77. The van der Waals surface area contributed by atoms with E-state index in [0.717, 1.165) is 0 Å². The molecular weight excluding hydrogens is 189 g/mol. The topological polar surface area (TPSA) is 55.6 Å². The fraction of sp³-hybridized carbons (Fsp3) is 0.833. The molecule has 0 spiro atoms. The van der Waals surface area contributed by atoms with Gasteiger partial charge in [0.15, 0.2) is 0 Å². The minimum atomic E-state index is -4.28. The standard InChI is InChI=1S/C6H9F3N2O2/c7-6(8,9)1-2-11-5(12)4(10)3-13-11/h4H,1-3,10H2. The lowest BCUT2D eigenvalue weighted by atomic mass is 10.3. The number of rotatable bonds is 2. The molecule has 1 amide bonds. The molecule has 0 bridgehead atoms. The van der Waals surface area contributed by atoms with Crippen LogP contribution in [-0.4, -0.2) is 36.3 Å². The summed E-state index contributed by atoms with van der Waals surface area (Å²) < 4.78 is 35.1. The molecule has 0 aromatic rings. The van der Waals surface area contributed by atoms with Crippen LogP contribution >= 0.6 is 0 Å². The van der Waals surface area contributed by atoms with Crippen LogP contribution in [0.15, 0.2) is 0 Å². The minimum absolute atomic E-state index is 0.0449. The maximum atomic E-state index is 11.7. The second kappa shape index (κ2) is 3.51. The van der Waals surface area contributed by atoms with E-state index in [-0.39, 0.29) is 6.61 Å². The van der Waals surface area contributed by atoms with E-state index in [9.17, 15) is 18.0 Å². The van der Waals surface area contributed by atoms with Gasteiger partial charge in [-0.05, 0) is 0 Å². The number of alkyl halides is 3. The van der Waals surface area contributed by atoms with Crippen LogP contribution in [0, 0.1) is 0 Å². The van der Waals surface area contributed by atoms with E-state index < -0.39 is 31.1 Å². The fourth-order valence-electron chi connectivity index (χ4n) is 0.893. The van der Waals surface area contributed by atoms with E-state index in [2.05, 4.69) is 4.84 Å². The predicted molar refractivity (Wildman–Crippen MR) is 36.3 cm³/mol. The third kappa shape index (κ3) is 2.85. The first-order valence-electron chi connectivity index (χ1n) is 3.67. The highest BCUT2D eigenvalue weighted by Gasteiger charge is 2.34. The maximum absolute atomic E-state index is 11.7. The Morgan fingerprint density at radius 2 is 2.23 bits per heavy atom. The fourth-order valence-corrected chi connectivity index (χ4v) is 0.893. The quantitative estimate of drug-likeness (QED) is 0.681. The molecule has 13 heavy (non-hydrogen) atoms. The first kappa shape index (κ1) is 10.3. The zero-order valence-corrected chi connectivity index (χ0v) is 6.67. The smallest absolute Gasteiger partial charge is 0.318 e. The summed E-state index contributed by atoms with van der Waals surface area (Å²) in [6.07, 6.45) is -5.36. The Labute approximate surface area is 72.4 Å². The minimum Gasteiger partial charge on any atom is -0.318 e. The third-order valence-electron chi connectivity index (χ3n) is 1.57. The number of nitrogens with two attached hydrogens (primary N) is 1. The molecule has 1 unspecified atom stereocenters. The number of hydrogen-bond acceptors (Lipinski definition) is 3. The molecule has 0 aromatic carbocycles. The lowest BCUT2D eigenvalue weighted by Crippen LogP contribution is -2.36. The number of carbonyl (C=O) groups is 1. The van der Waals surface area contributed by atoms with Crippen molar-refractivity contribution in [1.29, 1.82) is 0 Å². The molecule has 1 aliphatic rings. The Balaban J connectivity index is 2.35. The molecule has 76 valence electrons. The van der Waals surface area contributed by atoms with Crippen molar-refractivity contribution in [2.24, 2.45) is 5.73 Å². The molecule has 4 nitrogen and oxygen atoms in total. The van der Waals surface area contributed by atoms with Gasteiger partial charge in [-0.3, -0.25) is 9.63 Å². The van der Waals surface area contributed by atoms with Crippen molar-refractivity contribution in [3.05, 3.63) is 0 Å². The van der Waals surface area contributed by atoms with E-state index in [1.54, 1.807) is 0 Å². The van der Waals surface area contributed by atoms with Crippen LogP contribution in [0.4, 0.5) is 13.2 Å². The molecule has 1 heterocycles. The van der Waals surface area contributed by atoms with Gasteiger partial charge in [-0.25, -0.2) is 5.06 Å². The van der Waals surface area contributed by atoms with Crippen LogP contribution in [0.25, 0.3) is 0 Å². The van der Waals surface area contributed by atoms with Crippen LogP contribution in [0.5, 0.6) is 0 Å². The third-order valence-corrected chi connectivity index (χ3v) is 1.57. The second-order valence-electron chi connectivity index (χ2n) is 2.71. The molecule has 1 aliphatic heterocycles. The summed E-state index contributed by atoms with van der Waals surface area (Å²) in [5.41, 5.74) is 5.21. The van der Waals surface area contributed by atoms with Crippen molar-refractivity contribution < 1.29 is 22.8 Å². The summed E-state index contributed by atoms with van der Waals surface area (Å²) in [6, 6.07) is -0.826. The van der Waals surface area contributed by atoms with Crippen LogP contribution in [0.1, 0.15) is 6.42 Å². The van der Waals surface area contributed by atoms with Gasteiger partial charge in [0.25, 0.3) is 5.91 Å². The summed E-state index contributed by atoms with van der Waals surface area (Å²) in [7, 11) is 0. The van der Waals surface area contributed by atoms with Crippen molar-refractivity contribution >= 4 is 5.91 Å². The number of hydrogen-bond donors (Lipinski definition) is 1. The normalized spacial score (nSPS) is 24.2. The largest absolute Gasteiger partial charge is 0.390 e. The van der Waals surface area contributed by atoms with Crippen molar-refractivity contribution in [3.8, 4) is 0 Å². The predicted octanol–water partition coefficient (Wildman–Crippen LogP) is 0.0399. The van der Waals surface area contributed by atoms with Gasteiger partial charge < -0.3 is 5.73 Å². The van der Waals surface area contributed by atoms with Gasteiger partial charge in [0, 0.05) is 0 Å². The van der Waals surface area contributed by atoms with E-state index in [0.29, 0.717) is 5.06 Å². The second-order valence-corrected chi connectivity index (χ2v) is 2.71. The summed E-state index contributed by atoms with van der Waals surface area (Å²) in [4.78, 5) is 15.6. The number of halogens is 3. The van der Waals surface area contributed by atoms with Crippen molar-refractivity contribution in [2.75, 3.05) is 13.2 Å². The molecule has 1 rings (SSSR count). The summed E-state index contributed by atoms with van der Waals surface area (Å²) in [6.45, 7) is -0.535. The summed E-state index contributed by atoms with van der Waals surface area (Å²) in [5, 5.41) is 0.665. The zero-order chi connectivity index (χ0) is 10.1. The van der Waals surface area contributed by atoms with Crippen molar-refractivity contribution in [3.63, 3.8) is 0 Å². The maximum Gasteiger partial charge on any atom is 0.390 e. The van der Waals surface area contributed by atoms with E-state index >= 15 is 0 Å². The molecular formula is C6H9F3N2O2. The number of nitrogens with zero attached hydrogens (tertiary/aromatic N) is 1. The van der Waals surface area contributed by atoms with Crippen molar-refractivity contribution in [1.82, 2.24) is 5.06 Å². The number of hydroxylamine groups is 2. The molecule has 0 aromatic heterocycles.